The summed E-state index contributed by atoms with van der Waals surface area (Å²) in [6, 6.07) is 10.6. The van der Waals surface area contributed by atoms with Crippen LogP contribution >= 0.6 is 11.3 Å². The molecular weight excluding hydrogens is 380 g/mol. The third-order valence-electron chi connectivity index (χ3n) is 5.25. The Labute approximate surface area is 165 Å². The Morgan fingerprint density at radius 3 is 2.41 bits per heavy atom. The van der Waals surface area contributed by atoms with E-state index in [9.17, 15) is 13.2 Å². The van der Waals surface area contributed by atoms with E-state index in [0.717, 1.165) is 24.3 Å². The molecule has 3 rings (SSSR count). The summed E-state index contributed by atoms with van der Waals surface area (Å²) in [6.07, 6.45) is 4.85. The van der Waals surface area contributed by atoms with E-state index in [1.54, 1.807) is 41.8 Å². The lowest BCUT2D eigenvalue weighted by atomic mass is 9.86. The zero-order valence-corrected chi connectivity index (χ0v) is 17.4. The van der Waals surface area contributed by atoms with Crippen molar-refractivity contribution in [3.63, 3.8) is 0 Å². The van der Waals surface area contributed by atoms with Gasteiger partial charge in [0.15, 0.2) is 0 Å². The highest BCUT2D eigenvalue weighted by molar-refractivity contribution is 7.94. The summed E-state index contributed by atoms with van der Waals surface area (Å²) in [6.45, 7) is 2.27. The lowest BCUT2D eigenvalue weighted by molar-refractivity contribution is -0.132. The Kier molecular flexibility index (Phi) is 6.22. The highest BCUT2D eigenvalue weighted by Crippen LogP contribution is 2.27. The Balaban J connectivity index is 1.58. The van der Waals surface area contributed by atoms with E-state index < -0.39 is 10.0 Å². The third-order valence-corrected chi connectivity index (χ3v) is 8.03. The number of nitrogens with one attached hydrogen (secondary N) is 1. The summed E-state index contributed by atoms with van der Waals surface area (Å²) in [5.41, 5.74) is 1.38. The molecule has 146 valence electrons. The minimum absolute atomic E-state index is 0.112. The van der Waals surface area contributed by atoms with Crippen LogP contribution in [0.4, 0.5) is 5.69 Å². The van der Waals surface area contributed by atoms with Gasteiger partial charge >= 0.3 is 0 Å². The van der Waals surface area contributed by atoms with Gasteiger partial charge in [0.05, 0.1) is 6.42 Å². The predicted octanol–water partition coefficient (Wildman–Crippen LogP) is 4.13. The highest BCUT2D eigenvalue weighted by atomic mass is 32.2. The van der Waals surface area contributed by atoms with Gasteiger partial charge in [-0.15, -0.1) is 11.3 Å². The second-order valence-corrected chi connectivity index (χ2v) is 10.2. The van der Waals surface area contributed by atoms with Gasteiger partial charge in [0, 0.05) is 18.8 Å². The number of rotatable bonds is 6. The van der Waals surface area contributed by atoms with Crippen molar-refractivity contribution in [2.75, 3.05) is 11.8 Å². The molecule has 1 aliphatic rings. The molecule has 1 amide bonds. The van der Waals surface area contributed by atoms with Crippen molar-refractivity contribution in [1.82, 2.24) is 4.90 Å². The summed E-state index contributed by atoms with van der Waals surface area (Å²) < 4.78 is 27.4. The van der Waals surface area contributed by atoms with Gasteiger partial charge < -0.3 is 4.90 Å². The quantitative estimate of drug-likeness (QED) is 0.784. The minimum Gasteiger partial charge on any atom is -0.342 e. The van der Waals surface area contributed by atoms with Gasteiger partial charge in [0.25, 0.3) is 10.0 Å². The Morgan fingerprint density at radius 2 is 1.81 bits per heavy atom. The average Bonchev–Trinajstić information content (AvgIpc) is 3.19. The smallest absolute Gasteiger partial charge is 0.271 e. The van der Waals surface area contributed by atoms with E-state index in [2.05, 4.69) is 11.6 Å². The molecule has 0 atom stereocenters. The van der Waals surface area contributed by atoms with Gasteiger partial charge in [0.1, 0.15) is 4.21 Å². The summed E-state index contributed by atoms with van der Waals surface area (Å²) in [7, 11) is -1.65. The van der Waals surface area contributed by atoms with Gasteiger partial charge in [0.2, 0.25) is 5.91 Å². The molecule has 1 heterocycles. The normalized spacial score (nSPS) is 20.2. The fourth-order valence-electron chi connectivity index (χ4n) is 3.45. The van der Waals surface area contributed by atoms with Gasteiger partial charge in [-0.25, -0.2) is 8.42 Å². The van der Waals surface area contributed by atoms with E-state index in [1.165, 1.54) is 24.2 Å². The lowest BCUT2D eigenvalue weighted by Gasteiger charge is -2.33. The topological polar surface area (TPSA) is 66.5 Å². The monoisotopic (exact) mass is 406 g/mol. The molecule has 1 N–H and O–H groups in total. The number of benzene rings is 1. The van der Waals surface area contributed by atoms with Crippen LogP contribution in [0, 0.1) is 5.92 Å². The summed E-state index contributed by atoms with van der Waals surface area (Å²) in [5, 5.41) is 1.73. The largest absolute Gasteiger partial charge is 0.342 e. The zero-order chi connectivity index (χ0) is 19.4. The molecule has 7 heteroatoms. The number of thiophene rings is 1. The van der Waals surface area contributed by atoms with E-state index in [0.29, 0.717) is 18.2 Å². The first kappa shape index (κ1) is 19.9. The van der Waals surface area contributed by atoms with Crippen molar-refractivity contribution >= 4 is 33.0 Å². The minimum atomic E-state index is -3.55. The molecule has 1 aromatic carbocycles. The number of nitrogens with zero attached hydrogens (tertiary/aromatic N) is 1. The second kappa shape index (κ2) is 8.44. The number of hydrogen-bond donors (Lipinski definition) is 1. The molecule has 2 aromatic rings. The molecule has 0 aliphatic heterocycles. The van der Waals surface area contributed by atoms with Crippen molar-refractivity contribution in [1.29, 1.82) is 0 Å². The number of likely N-dealkylation sites (N-methyl/N-ethyl adjacent to an activating group) is 1. The van der Waals surface area contributed by atoms with Crippen LogP contribution < -0.4 is 4.72 Å². The van der Waals surface area contributed by atoms with Gasteiger partial charge in [-0.3, -0.25) is 9.52 Å². The van der Waals surface area contributed by atoms with E-state index >= 15 is 0 Å². The van der Waals surface area contributed by atoms with E-state index in [-0.39, 0.29) is 10.1 Å². The first-order valence-corrected chi connectivity index (χ1v) is 11.6. The Bertz CT molecular complexity index is 853. The van der Waals surface area contributed by atoms with Gasteiger partial charge in [-0.2, -0.15) is 0 Å². The molecule has 0 spiro atoms. The van der Waals surface area contributed by atoms with Crippen molar-refractivity contribution in [2.45, 2.75) is 49.3 Å². The van der Waals surface area contributed by atoms with Crippen LogP contribution in [-0.4, -0.2) is 32.3 Å². The number of carbonyl (C=O) groups is 1. The highest BCUT2D eigenvalue weighted by Gasteiger charge is 2.24. The number of amides is 1. The SMILES string of the molecule is CC1CCC(N(C)C(=O)Cc2ccc(NS(=O)(=O)c3cccs3)cc2)CC1. The fraction of sp³-hybridized carbons (Fsp3) is 0.450. The van der Waals surface area contributed by atoms with E-state index in [4.69, 9.17) is 0 Å². The standard InChI is InChI=1S/C20H26N2O3S2/c1-15-5-11-18(12-6-15)22(2)19(23)14-16-7-9-17(10-8-16)21-27(24,25)20-4-3-13-26-20/h3-4,7-10,13,15,18,21H,5-6,11-12,14H2,1-2H3. The number of anilines is 1. The predicted molar refractivity (Wildman–Crippen MR) is 109 cm³/mol. The lowest BCUT2D eigenvalue weighted by Crippen LogP contribution is -2.40. The molecule has 0 unspecified atom stereocenters. The van der Waals surface area contributed by atoms with Crippen molar-refractivity contribution in [2.24, 2.45) is 5.92 Å². The summed E-state index contributed by atoms with van der Waals surface area (Å²) >= 11 is 1.18. The van der Waals surface area contributed by atoms with Crippen molar-refractivity contribution < 1.29 is 13.2 Å². The van der Waals surface area contributed by atoms with Crippen LogP contribution in [0.3, 0.4) is 0 Å². The van der Waals surface area contributed by atoms with Crippen LogP contribution in [0.5, 0.6) is 0 Å². The first-order valence-electron chi connectivity index (χ1n) is 9.26. The third kappa shape index (κ3) is 5.11. The molecular formula is C20H26N2O3S2. The van der Waals surface area contributed by atoms with E-state index in [1.807, 2.05) is 11.9 Å². The summed E-state index contributed by atoms with van der Waals surface area (Å²) in [5.74, 6) is 0.872. The first-order chi connectivity index (χ1) is 12.8. The van der Waals surface area contributed by atoms with Crippen molar-refractivity contribution in [3.8, 4) is 0 Å². The van der Waals surface area contributed by atoms with Crippen LogP contribution in [0.2, 0.25) is 0 Å². The second-order valence-electron chi connectivity index (χ2n) is 7.33. The number of sulfonamides is 1. The molecule has 0 saturated heterocycles. The molecule has 1 aromatic heterocycles. The maximum atomic E-state index is 12.6. The molecule has 1 saturated carbocycles. The van der Waals surface area contributed by atoms with Crippen LogP contribution in [-0.2, 0) is 21.2 Å². The summed E-state index contributed by atoms with van der Waals surface area (Å²) in [4.78, 5) is 14.5. The zero-order valence-electron chi connectivity index (χ0n) is 15.7. The molecule has 27 heavy (non-hydrogen) atoms. The van der Waals surface area contributed by atoms with Crippen LogP contribution in [0.15, 0.2) is 46.0 Å². The molecule has 0 bridgehead atoms. The maximum absolute atomic E-state index is 12.6. The maximum Gasteiger partial charge on any atom is 0.271 e. The molecule has 1 aliphatic carbocycles. The Hall–Kier alpha value is -1.86. The molecule has 0 radical (unpaired) electrons. The molecule has 1 fully saturated rings. The molecule has 5 nitrogen and oxygen atoms in total. The van der Waals surface area contributed by atoms with Crippen LogP contribution in [0.25, 0.3) is 0 Å². The number of hydrogen-bond acceptors (Lipinski definition) is 4. The van der Waals surface area contributed by atoms with Gasteiger partial charge in [-0.1, -0.05) is 25.1 Å². The fourth-order valence-corrected chi connectivity index (χ4v) is 5.50. The van der Waals surface area contributed by atoms with Crippen molar-refractivity contribution in [3.05, 3.63) is 47.3 Å². The van der Waals surface area contributed by atoms with Gasteiger partial charge in [-0.05, 0) is 60.7 Å². The average molecular weight is 407 g/mol. The van der Waals surface area contributed by atoms with Crippen LogP contribution in [0.1, 0.15) is 38.2 Å². The number of carbonyl (C=O) groups excluding carboxylic acids is 1. The Morgan fingerprint density at radius 1 is 1.15 bits per heavy atom.